The van der Waals surface area contributed by atoms with Crippen molar-refractivity contribution in [1.29, 1.82) is 0 Å². The molecule has 3 amide bonds. The molecular formula is C26H27F3N6O4. The highest BCUT2D eigenvalue weighted by atomic mass is 19.4. The molecule has 1 aliphatic heterocycles. The van der Waals surface area contributed by atoms with Gasteiger partial charge in [0.05, 0.1) is 6.54 Å². The molecule has 2 atom stereocenters. The Morgan fingerprint density at radius 3 is 2.51 bits per heavy atom. The molecule has 4 fully saturated rings. The van der Waals surface area contributed by atoms with Gasteiger partial charge in [-0.3, -0.25) is 4.79 Å². The Morgan fingerprint density at radius 2 is 1.87 bits per heavy atom. The number of fused-ring (bicyclic) bond motifs is 1. The molecule has 13 heteroatoms. The van der Waals surface area contributed by atoms with Crippen molar-refractivity contribution in [1.82, 2.24) is 30.8 Å². The van der Waals surface area contributed by atoms with Gasteiger partial charge in [-0.2, -0.15) is 13.2 Å². The van der Waals surface area contributed by atoms with Crippen LogP contribution in [0.3, 0.4) is 0 Å². The molecule has 10 nitrogen and oxygen atoms in total. The number of hydrogen-bond acceptors (Lipinski definition) is 7. The van der Waals surface area contributed by atoms with Gasteiger partial charge in [0.15, 0.2) is 11.3 Å². The second-order valence-electron chi connectivity index (χ2n) is 11.3. The molecule has 1 saturated heterocycles. The van der Waals surface area contributed by atoms with Crippen LogP contribution in [0.2, 0.25) is 0 Å². The number of benzene rings is 1. The van der Waals surface area contributed by atoms with Crippen LogP contribution in [-0.4, -0.2) is 50.9 Å². The van der Waals surface area contributed by atoms with Gasteiger partial charge in [-0.25, -0.2) is 14.4 Å². The third kappa shape index (κ3) is 4.82. The molecule has 0 unspecified atom stereocenters. The first kappa shape index (κ1) is 24.4. The number of nitrogens with zero attached hydrogens (tertiary/aromatic N) is 4. The fourth-order valence-corrected chi connectivity index (χ4v) is 5.75. The van der Waals surface area contributed by atoms with Crippen molar-refractivity contribution < 1.29 is 31.8 Å². The summed E-state index contributed by atoms with van der Waals surface area (Å²) in [5.41, 5.74) is 2.43. The molecule has 0 spiro atoms. The van der Waals surface area contributed by atoms with Crippen LogP contribution in [0, 0.1) is 17.8 Å². The van der Waals surface area contributed by atoms with E-state index in [2.05, 4.69) is 15.6 Å². The third-order valence-electron chi connectivity index (χ3n) is 8.19. The fourth-order valence-electron chi connectivity index (χ4n) is 5.75. The summed E-state index contributed by atoms with van der Waals surface area (Å²) >= 11 is 0. The van der Waals surface area contributed by atoms with Crippen LogP contribution in [0.4, 0.5) is 18.0 Å². The lowest BCUT2D eigenvalue weighted by Gasteiger charge is -2.25. The number of hydrogen-bond donors (Lipinski definition) is 2. The molecule has 0 radical (unpaired) electrons. The normalized spacial score (nSPS) is 22.5. The van der Waals surface area contributed by atoms with E-state index in [4.69, 9.17) is 14.0 Å². The summed E-state index contributed by atoms with van der Waals surface area (Å²) in [6.45, 7) is -0.449. The Balaban J connectivity index is 1.15. The summed E-state index contributed by atoms with van der Waals surface area (Å²) in [6, 6.07) is 2.01. The van der Waals surface area contributed by atoms with E-state index in [1.54, 1.807) is 18.2 Å². The lowest BCUT2D eigenvalue weighted by Crippen LogP contribution is -2.40. The molecule has 39 heavy (non-hydrogen) atoms. The highest BCUT2D eigenvalue weighted by Crippen LogP contribution is 2.54. The number of amides is 3. The SMILES string of the molecule is O=C(N[C@H](c1nc2cc(CN3C[C@@H](C(F)(F)F)NC3=O)ccc2o1)C(C1CC1)C1CC1)c1nonc1C1CC1. The molecule has 2 N–H and O–H groups in total. The lowest BCUT2D eigenvalue weighted by atomic mass is 9.89. The average molecular weight is 545 g/mol. The number of alkyl halides is 3. The molecule has 4 aliphatic rings. The summed E-state index contributed by atoms with van der Waals surface area (Å²) in [5.74, 6) is 1.35. The molecule has 3 heterocycles. The Morgan fingerprint density at radius 1 is 1.13 bits per heavy atom. The van der Waals surface area contributed by atoms with E-state index in [-0.39, 0.29) is 30.0 Å². The van der Waals surface area contributed by atoms with Crippen LogP contribution in [-0.2, 0) is 6.54 Å². The number of carbonyl (C=O) groups is 2. The predicted molar refractivity (Wildman–Crippen MR) is 128 cm³/mol. The summed E-state index contributed by atoms with van der Waals surface area (Å²) in [6.07, 6.45) is 1.76. The second-order valence-corrected chi connectivity index (χ2v) is 11.3. The molecule has 2 aromatic heterocycles. The van der Waals surface area contributed by atoms with Crippen LogP contribution < -0.4 is 10.6 Å². The van der Waals surface area contributed by atoms with Crippen LogP contribution in [0.1, 0.15) is 78.1 Å². The smallest absolute Gasteiger partial charge is 0.410 e. The molecule has 3 saturated carbocycles. The quantitative estimate of drug-likeness (QED) is 0.408. The van der Waals surface area contributed by atoms with Crippen LogP contribution in [0.15, 0.2) is 27.2 Å². The Kier molecular flexibility index (Phi) is 5.60. The molecule has 1 aromatic carbocycles. The van der Waals surface area contributed by atoms with Gasteiger partial charge in [-0.05, 0) is 79.1 Å². The monoisotopic (exact) mass is 544 g/mol. The molecule has 3 aromatic rings. The number of nitrogens with one attached hydrogen (secondary N) is 2. The van der Waals surface area contributed by atoms with Gasteiger partial charge in [-0.1, -0.05) is 11.2 Å². The molecular weight excluding hydrogens is 517 g/mol. The number of urea groups is 1. The minimum atomic E-state index is -4.50. The van der Waals surface area contributed by atoms with Crippen molar-refractivity contribution in [2.75, 3.05) is 6.54 Å². The molecule has 0 bridgehead atoms. The minimum absolute atomic E-state index is 0.00653. The van der Waals surface area contributed by atoms with Gasteiger partial charge >= 0.3 is 12.2 Å². The van der Waals surface area contributed by atoms with Crippen molar-refractivity contribution in [2.24, 2.45) is 17.8 Å². The topological polar surface area (TPSA) is 126 Å². The van der Waals surface area contributed by atoms with E-state index >= 15 is 0 Å². The van der Waals surface area contributed by atoms with E-state index in [0.29, 0.717) is 40.1 Å². The van der Waals surface area contributed by atoms with E-state index < -0.39 is 30.8 Å². The largest absolute Gasteiger partial charge is 0.438 e. The summed E-state index contributed by atoms with van der Waals surface area (Å²) in [7, 11) is 0. The third-order valence-corrected chi connectivity index (χ3v) is 8.19. The maximum atomic E-state index is 13.4. The van der Waals surface area contributed by atoms with Gasteiger partial charge in [-0.15, -0.1) is 0 Å². The molecule has 7 rings (SSSR count). The van der Waals surface area contributed by atoms with Gasteiger partial charge < -0.3 is 20.0 Å². The van der Waals surface area contributed by atoms with Gasteiger partial charge in [0.1, 0.15) is 23.3 Å². The standard InChI is InChI=1S/C26H27F3N6O4/c27-26(28,29)18-11-35(25(37)31-18)10-12-1-8-17-16(9-12)30-24(38-17)21(19(13-2-3-13)14-4-5-14)32-23(36)22-20(15-6-7-15)33-39-34-22/h1,8-9,13-15,18-19,21H,2-7,10-11H2,(H,31,37)(H,32,36)/t18-,21-/m0/s1. The first-order chi connectivity index (χ1) is 18.7. The Labute approximate surface area is 220 Å². The van der Waals surface area contributed by atoms with Crippen LogP contribution >= 0.6 is 0 Å². The van der Waals surface area contributed by atoms with Crippen molar-refractivity contribution in [3.05, 3.63) is 41.0 Å². The van der Waals surface area contributed by atoms with Crippen molar-refractivity contribution in [3.8, 4) is 0 Å². The number of rotatable bonds is 9. The van der Waals surface area contributed by atoms with Gasteiger partial charge in [0.25, 0.3) is 5.91 Å². The number of oxazole rings is 1. The predicted octanol–water partition coefficient (Wildman–Crippen LogP) is 4.45. The fraction of sp³-hybridized carbons (Fsp3) is 0.577. The zero-order chi connectivity index (χ0) is 26.9. The highest BCUT2D eigenvalue weighted by Gasteiger charge is 2.49. The first-order valence-electron chi connectivity index (χ1n) is 13.4. The van der Waals surface area contributed by atoms with Crippen molar-refractivity contribution in [2.45, 2.75) is 69.2 Å². The van der Waals surface area contributed by atoms with Gasteiger partial charge in [0.2, 0.25) is 5.89 Å². The van der Waals surface area contributed by atoms with Crippen LogP contribution in [0.25, 0.3) is 11.1 Å². The number of aromatic nitrogens is 3. The number of halogens is 3. The minimum Gasteiger partial charge on any atom is -0.438 e. The average Bonchev–Trinajstić information content (AvgIpc) is 3.84. The van der Waals surface area contributed by atoms with Crippen LogP contribution in [0.5, 0.6) is 0 Å². The first-order valence-corrected chi connectivity index (χ1v) is 13.4. The molecule has 3 aliphatic carbocycles. The van der Waals surface area contributed by atoms with Crippen molar-refractivity contribution in [3.63, 3.8) is 0 Å². The maximum absolute atomic E-state index is 13.4. The summed E-state index contributed by atoms with van der Waals surface area (Å²) in [4.78, 5) is 31.3. The Bertz CT molecular complexity index is 1410. The van der Waals surface area contributed by atoms with E-state index in [9.17, 15) is 22.8 Å². The van der Waals surface area contributed by atoms with E-state index in [0.717, 1.165) is 43.4 Å². The molecule has 206 valence electrons. The van der Waals surface area contributed by atoms with E-state index in [1.807, 2.05) is 5.32 Å². The van der Waals surface area contributed by atoms with Gasteiger partial charge in [0, 0.05) is 12.5 Å². The maximum Gasteiger partial charge on any atom is 0.410 e. The van der Waals surface area contributed by atoms with Crippen molar-refractivity contribution >= 4 is 23.0 Å². The highest BCUT2D eigenvalue weighted by molar-refractivity contribution is 5.93. The zero-order valence-corrected chi connectivity index (χ0v) is 20.9. The summed E-state index contributed by atoms with van der Waals surface area (Å²) < 4.78 is 50.2. The van der Waals surface area contributed by atoms with E-state index in [1.165, 1.54) is 0 Å². The zero-order valence-electron chi connectivity index (χ0n) is 20.9. The Hall–Kier alpha value is -3.64. The number of carbonyl (C=O) groups excluding carboxylic acids is 2. The summed E-state index contributed by atoms with van der Waals surface area (Å²) in [5, 5.41) is 12.9. The lowest BCUT2D eigenvalue weighted by molar-refractivity contribution is -0.149. The second kappa shape index (κ2) is 8.95.